The second-order valence-electron chi connectivity index (χ2n) is 5.20. The van der Waals surface area contributed by atoms with E-state index in [4.69, 9.17) is 4.74 Å². The van der Waals surface area contributed by atoms with Crippen molar-refractivity contribution < 1.29 is 23.9 Å². The highest BCUT2D eigenvalue weighted by molar-refractivity contribution is 5.90. The second-order valence-corrected chi connectivity index (χ2v) is 5.20. The van der Waals surface area contributed by atoms with Gasteiger partial charge in [0, 0.05) is 19.4 Å². The molecule has 6 heteroatoms. The van der Waals surface area contributed by atoms with Gasteiger partial charge in [0.05, 0.1) is 20.1 Å². The van der Waals surface area contributed by atoms with Crippen molar-refractivity contribution in [2.45, 2.75) is 18.9 Å². The van der Waals surface area contributed by atoms with Crippen LogP contribution in [-0.2, 0) is 30.3 Å². The van der Waals surface area contributed by atoms with Gasteiger partial charge in [0.2, 0.25) is 5.91 Å². The molecule has 1 saturated heterocycles. The molecule has 1 aromatic carbocycles. The van der Waals surface area contributed by atoms with Crippen molar-refractivity contribution in [3.8, 4) is 0 Å². The molecule has 2 atom stereocenters. The highest BCUT2D eigenvalue weighted by Crippen LogP contribution is 2.23. The van der Waals surface area contributed by atoms with E-state index in [1.165, 1.54) is 19.1 Å². The van der Waals surface area contributed by atoms with Crippen LogP contribution < -0.4 is 0 Å². The third-order valence-electron chi connectivity index (χ3n) is 3.81. The molecule has 1 amide bonds. The van der Waals surface area contributed by atoms with Gasteiger partial charge in [-0.2, -0.15) is 0 Å². The molecule has 1 heterocycles. The van der Waals surface area contributed by atoms with E-state index in [9.17, 15) is 14.4 Å². The Morgan fingerprint density at radius 3 is 2.50 bits per heavy atom. The van der Waals surface area contributed by atoms with Crippen LogP contribution in [0, 0.1) is 5.92 Å². The highest BCUT2D eigenvalue weighted by Gasteiger charge is 2.41. The van der Waals surface area contributed by atoms with Crippen molar-refractivity contribution in [2.24, 2.45) is 5.92 Å². The Morgan fingerprint density at radius 2 is 1.91 bits per heavy atom. The molecule has 2 rings (SSSR count). The summed E-state index contributed by atoms with van der Waals surface area (Å²) in [6.45, 7) is 0.179. The molecular weight excluding hydrogens is 286 g/mol. The minimum atomic E-state index is -0.727. The summed E-state index contributed by atoms with van der Waals surface area (Å²) in [6.07, 6.45) is 0.419. The van der Waals surface area contributed by atoms with Crippen LogP contribution in [0.5, 0.6) is 0 Å². The largest absolute Gasteiger partial charge is 0.469 e. The van der Waals surface area contributed by atoms with Crippen LogP contribution >= 0.6 is 0 Å². The van der Waals surface area contributed by atoms with Gasteiger partial charge in [0.25, 0.3) is 0 Å². The molecule has 0 N–H and O–H groups in total. The zero-order valence-electron chi connectivity index (χ0n) is 12.7. The van der Waals surface area contributed by atoms with Gasteiger partial charge in [0.1, 0.15) is 6.04 Å². The Balaban J connectivity index is 2.17. The monoisotopic (exact) mass is 305 g/mol. The molecule has 1 unspecified atom stereocenters. The van der Waals surface area contributed by atoms with Gasteiger partial charge in [0.15, 0.2) is 0 Å². The summed E-state index contributed by atoms with van der Waals surface area (Å²) < 4.78 is 9.50. The zero-order chi connectivity index (χ0) is 16.1. The van der Waals surface area contributed by atoms with Gasteiger partial charge in [-0.05, 0) is 5.56 Å². The first-order valence-electron chi connectivity index (χ1n) is 7.06. The minimum Gasteiger partial charge on any atom is -0.469 e. The van der Waals surface area contributed by atoms with E-state index in [-0.39, 0.29) is 18.9 Å². The quantitative estimate of drug-likeness (QED) is 0.752. The summed E-state index contributed by atoms with van der Waals surface area (Å²) in [4.78, 5) is 37.3. The Hall–Kier alpha value is -2.37. The van der Waals surface area contributed by atoms with Crippen molar-refractivity contribution in [3.05, 3.63) is 35.9 Å². The van der Waals surface area contributed by atoms with E-state index in [0.717, 1.165) is 5.56 Å². The number of hydrogen-bond acceptors (Lipinski definition) is 5. The molecule has 1 fully saturated rings. The fraction of sp³-hybridized carbons (Fsp3) is 0.438. The molecule has 0 bridgehead atoms. The number of methoxy groups -OCH3 is 2. The summed E-state index contributed by atoms with van der Waals surface area (Å²) in [5.41, 5.74) is 0.923. The van der Waals surface area contributed by atoms with Crippen molar-refractivity contribution in [3.63, 3.8) is 0 Å². The predicted molar refractivity (Wildman–Crippen MR) is 77.8 cm³/mol. The molecule has 22 heavy (non-hydrogen) atoms. The lowest BCUT2D eigenvalue weighted by Gasteiger charge is -2.26. The van der Waals surface area contributed by atoms with Crippen LogP contribution in [0.1, 0.15) is 12.0 Å². The van der Waals surface area contributed by atoms with Crippen LogP contribution in [0.2, 0.25) is 0 Å². The number of nitrogens with zero attached hydrogens (tertiary/aromatic N) is 1. The fourth-order valence-corrected chi connectivity index (χ4v) is 2.65. The van der Waals surface area contributed by atoms with E-state index in [1.807, 2.05) is 30.3 Å². The van der Waals surface area contributed by atoms with Gasteiger partial charge < -0.3 is 14.4 Å². The number of carbonyl (C=O) groups is 3. The van der Waals surface area contributed by atoms with E-state index >= 15 is 0 Å². The van der Waals surface area contributed by atoms with Gasteiger partial charge in [-0.3, -0.25) is 9.59 Å². The highest BCUT2D eigenvalue weighted by atomic mass is 16.5. The smallest absolute Gasteiger partial charge is 0.328 e. The topological polar surface area (TPSA) is 72.9 Å². The molecule has 0 saturated carbocycles. The fourth-order valence-electron chi connectivity index (χ4n) is 2.65. The maximum atomic E-state index is 12.2. The first-order chi connectivity index (χ1) is 10.6. The number of benzene rings is 1. The Kier molecular flexibility index (Phi) is 5.14. The lowest BCUT2D eigenvalue weighted by molar-refractivity contribution is -0.151. The Morgan fingerprint density at radius 1 is 1.23 bits per heavy atom. The summed E-state index contributed by atoms with van der Waals surface area (Å²) in [7, 11) is 2.58. The summed E-state index contributed by atoms with van der Waals surface area (Å²) >= 11 is 0. The second kappa shape index (κ2) is 7.06. The number of ether oxygens (including phenoxy) is 2. The molecule has 118 valence electrons. The molecule has 6 nitrogen and oxygen atoms in total. The summed E-state index contributed by atoms with van der Waals surface area (Å²) in [5.74, 6) is -1.68. The zero-order valence-corrected chi connectivity index (χ0v) is 12.7. The summed E-state index contributed by atoms with van der Waals surface area (Å²) in [5, 5.41) is 0. The molecule has 0 spiro atoms. The van der Waals surface area contributed by atoms with E-state index in [0.29, 0.717) is 6.42 Å². The minimum absolute atomic E-state index is 0.0644. The van der Waals surface area contributed by atoms with Gasteiger partial charge in [-0.15, -0.1) is 0 Å². The molecule has 1 aromatic rings. The normalized spacial score (nSPS) is 18.9. The number of likely N-dealkylation sites (tertiary alicyclic amines) is 1. The van der Waals surface area contributed by atoms with Crippen molar-refractivity contribution in [2.75, 3.05) is 20.8 Å². The third kappa shape index (κ3) is 3.44. The number of carbonyl (C=O) groups excluding carboxylic acids is 3. The Bertz CT molecular complexity index is 557. The first-order valence-corrected chi connectivity index (χ1v) is 7.06. The number of amides is 1. The van der Waals surface area contributed by atoms with Crippen LogP contribution in [0.3, 0.4) is 0 Å². The molecule has 1 aliphatic rings. The van der Waals surface area contributed by atoms with E-state index < -0.39 is 23.9 Å². The Labute approximate surface area is 129 Å². The van der Waals surface area contributed by atoms with Crippen molar-refractivity contribution >= 4 is 17.8 Å². The standard InChI is InChI=1S/C16H19NO5/c1-21-15(19)12-9-14(18)17(10-12)13(16(20)22-2)8-11-6-4-3-5-7-11/h3-7,12-13H,8-10H2,1-2H3/t12?,13-/m1/s1. The number of rotatable bonds is 5. The average molecular weight is 305 g/mol. The maximum Gasteiger partial charge on any atom is 0.328 e. The van der Waals surface area contributed by atoms with Crippen molar-refractivity contribution in [1.82, 2.24) is 4.90 Å². The van der Waals surface area contributed by atoms with Crippen LogP contribution in [-0.4, -0.2) is 49.6 Å². The SMILES string of the molecule is COC(=O)C1CC(=O)N([C@H](Cc2ccccc2)C(=O)OC)C1. The van der Waals surface area contributed by atoms with Gasteiger partial charge in [-0.25, -0.2) is 4.79 Å². The summed E-state index contributed by atoms with van der Waals surface area (Å²) in [6, 6.07) is 8.65. The molecular formula is C16H19NO5. The third-order valence-corrected chi connectivity index (χ3v) is 3.81. The van der Waals surface area contributed by atoms with Crippen LogP contribution in [0.4, 0.5) is 0 Å². The van der Waals surface area contributed by atoms with E-state index in [1.54, 1.807) is 0 Å². The first kappa shape index (κ1) is 16.0. The average Bonchev–Trinajstić information content (AvgIpc) is 2.93. The maximum absolute atomic E-state index is 12.2. The molecule has 0 aliphatic carbocycles. The molecule has 0 aromatic heterocycles. The predicted octanol–water partition coefficient (Wildman–Crippen LogP) is 0.792. The number of hydrogen-bond donors (Lipinski definition) is 0. The van der Waals surface area contributed by atoms with Gasteiger partial charge >= 0.3 is 11.9 Å². The molecule has 1 aliphatic heterocycles. The lowest BCUT2D eigenvalue weighted by Crippen LogP contribution is -2.44. The van der Waals surface area contributed by atoms with E-state index in [2.05, 4.69) is 4.74 Å². The van der Waals surface area contributed by atoms with Gasteiger partial charge in [-0.1, -0.05) is 30.3 Å². The molecule has 0 radical (unpaired) electrons. The van der Waals surface area contributed by atoms with Crippen LogP contribution in [0.15, 0.2) is 30.3 Å². The lowest BCUT2D eigenvalue weighted by atomic mass is 10.0. The van der Waals surface area contributed by atoms with Crippen molar-refractivity contribution in [1.29, 1.82) is 0 Å². The number of esters is 2. The van der Waals surface area contributed by atoms with Crippen LogP contribution in [0.25, 0.3) is 0 Å².